The summed E-state index contributed by atoms with van der Waals surface area (Å²) in [6, 6.07) is 12.2. The lowest BCUT2D eigenvalue weighted by Gasteiger charge is -2.24. The SMILES string of the molecule is COc1ccc(N(C)c2cccc(F)c2C(C)O)cc1. The fraction of sp³-hybridized carbons (Fsp3) is 0.250. The minimum absolute atomic E-state index is 0.297. The number of rotatable bonds is 4. The van der Waals surface area contributed by atoms with E-state index in [4.69, 9.17) is 4.74 Å². The lowest BCUT2D eigenvalue weighted by atomic mass is 10.1. The van der Waals surface area contributed by atoms with Crippen LogP contribution in [0.15, 0.2) is 42.5 Å². The van der Waals surface area contributed by atoms with Crippen LogP contribution in [0.5, 0.6) is 5.75 Å². The first-order valence-corrected chi connectivity index (χ1v) is 6.39. The summed E-state index contributed by atoms with van der Waals surface area (Å²) in [4.78, 5) is 1.84. The number of methoxy groups -OCH3 is 1. The number of hydrogen-bond acceptors (Lipinski definition) is 3. The Morgan fingerprint density at radius 2 is 1.80 bits per heavy atom. The lowest BCUT2D eigenvalue weighted by molar-refractivity contribution is 0.194. The van der Waals surface area contributed by atoms with Crippen LogP contribution < -0.4 is 9.64 Å². The number of benzene rings is 2. The van der Waals surface area contributed by atoms with Gasteiger partial charge in [0.25, 0.3) is 0 Å². The molecule has 20 heavy (non-hydrogen) atoms. The number of aliphatic hydroxyl groups is 1. The number of ether oxygens (including phenoxy) is 1. The number of hydrogen-bond donors (Lipinski definition) is 1. The van der Waals surface area contributed by atoms with Gasteiger partial charge in [0.1, 0.15) is 11.6 Å². The van der Waals surface area contributed by atoms with Crippen LogP contribution in [-0.4, -0.2) is 19.3 Å². The van der Waals surface area contributed by atoms with E-state index < -0.39 is 11.9 Å². The molecule has 2 aromatic carbocycles. The second-order valence-corrected chi connectivity index (χ2v) is 4.61. The van der Waals surface area contributed by atoms with Crippen LogP contribution in [-0.2, 0) is 0 Å². The molecule has 3 nitrogen and oxygen atoms in total. The molecule has 1 unspecified atom stereocenters. The molecule has 0 aromatic heterocycles. The minimum atomic E-state index is -0.869. The summed E-state index contributed by atoms with van der Waals surface area (Å²) >= 11 is 0. The molecule has 1 N–H and O–H groups in total. The summed E-state index contributed by atoms with van der Waals surface area (Å²) in [5.41, 5.74) is 1.83. The molecule has 0 saturated heterocycles. The second kappa shape index (κ2) is 5.92. The zero-order chi connectivity index (χ0) is 14.7. The molecule has 106 valence electrons. The summed E-state index contributed by atoms with van der Waals surface area (Å²) in [6.07, 6.45) is -0.869. The van der Waals surface area contributed by atoms with Crippen molar-refractivity contribution in [2.75, 3.05) is 19.1 Å². The predicted molar refractivity (Wildman–Crippen MR) is 78.1 cm³/mol. The molecular formula is C16H18FNO2. The lowest BCUT2D eigenvalue weighted by Crippen LogP contribution is -2.14. The van der Waals surface area contributed by atoms with Crippen molar-refractivity contribution in [3.05, 3.63) is 53.8 Å². The van der Waals surface area contributed by atoms with Gasteiger partial charge in [-0.2, -0.15) is 0 Å². The van der Waals surface area contributed by atoms with E-state index in [0.717, 1.165) is 11.4 Å². The third-order valence-electron chi connectivity index (χ3n) is 3.27. The third kappa shape index (κ3) is 2.75. The summed E-state index contributed by atoms with van der Waals surface area (Å²) < 4.78 is 19.0. The van der Waals surface area contributed by atoms with Crippen molar-refractivity contribution in [2.24, 2.45) is 0 Å². The van der Waals surface area contributed by atoms with E-state index in [0.29, 0.717) is 11.3 Å². The number of anilines is 2. The van der Waals surface area contributed by atoms with Gasteiger partial charge in [-0.3, -0.25) is 0 Å². The fourth-order valence-corrected chi connectivity index (χ4v) is 2.18. The highest BCUT2D eigenvalue weighted by Crippen LogP contribution is 2.33. The van der Waals surface area contributed by atoms with Crippen LogP contribution in [0.4, 0.5) is 15.8 Å². The Morgan fingerprint density at radius 1 is 1.15 bits per heavy atom. The monoisotopic (exact) mass is 275 g/mol. The van der Waals surface area contributed by atoms with E-state index in [2.05, 4.69) is 0 Å². The Labute approximate surface area is 118 Å². The summed E-state index contributed by atoms with van der Waals surface area (Å²) in [7, 11) is 3.44. The molecule has 0 radical (unpaired) electrons. The quantitative estimate of drug-likeness (QED) is 0.924. The van der Waals surface area contributed by atoms with Gasteiger partial charge in [0.05, 0.1) is 13.2 Å². The number of aliphatic hydroxyl groups excluding tert-OH is 1. The Morgan fingerprint density at radius 3 is 2.35 bits per heavy atom. The predicted octanol–water partition coefficient (Wildman–Crippen LogP) is 3.66. The first-order valence-electron chi connectivity index (χ1n) is 6.39. The molecule has 0 aliphatic carbocycles. The van der Waals surface area contributed by atoms with Crippen LogP contribution in [0, 0.1) is 5.82 Å². The molecule has 1 atom stereocenters. The Hall–Kier alpha value is -2.07. The van der Waals surface area contributed by atoms with Gasteiger partial charge >= 0.3 is 0 Å². The molecule has 4 heteroatoms. The van der Waals surface area contributed by atoms with Crippen LogP contribution in [0.3, 0.4) is 0 Å². The van der Waals surface area contributed by atoms with Gasteiger partial charge in [-0.1, -0.05) is 6.07 Å². The van der Waals surface area contributed by atoms with Crippen molar-refractivity contribution in [1.29, 1.82) is 0 Å². The van der Waals surface area contributed by atoms with Gasteiger partial charge < -0.3 is 14.7 Å². The molecule has 0 aliphatic heterocycles. The molecule has 0 fully saturated rings. The molecular weight excluding hydrogens is 257 g/mol. The maximum absolute atomic E-state index is 13.9. The normalized spacial score (nSPS) is 12.1. The third-order valence-corrected chi connectivity index (χ3v) is 3.27. The summed E-state index contributed by atoms with van der Waals surface area (Å²) in [6.45, 7) is 1.56. The van der Waals surface area contributed by atoms with Gasteiger partial charge in [-0.15, -0.1) is 0 Å². The van der Waals surface area contributed by atoms with Gasteiger partial charge in [-0.25, -0.2) is 4.39 Å². The molecule has 0 aliphatic rings. The molecule has 0 amide bonds. The standard InChI is InChI=1S/C16H18FNO2/c1-11(19)16-14(17)5-4-6-15(16)18(2)12-7-9-13(20-3)10-8-12/h4-11,19H,1-3H3. The first-order chi connectivity index (χ1) is 9.54. The van der Waals surface area contributed by atoms with Crippen LogP contribution in [0.25, 0.3) is 0 Å². The fourth-order valence-electron chi connectivity index (χ4n) is 2.18. The van der Waals surface area contributed by atoms with Crippen LogP contribution in [0.2, 0.25) is 0 Å². The zero-order valence-electron chi connectivity index (χ0n) is 11.8. The largest absolute Gasteiger partial charge is 0.497 e. The van der Waals surface area contributed by atoms with E-state index >= 15 is 0 Å². The highest BCUT2D eigenvalue weighted by Gasteiger charge is 2.17. The number of halogens is 1. The molecule has 0 spiro atoms. The van der Waals surface area contributed by atoms with Gasteiger partial charge in [0, 0.05) is 24.0 Å². The van der Waals surface area contributed by atoms with Gasteiger partial charge in [0.2, 0.25) is 0 Å². The molecule has 2 aromatic rings. The van der Waals surface area contributed by atoms with E-state index in [-0.39, 0.29) is 0 Å². The van der Waals surface area contributed by atoms with Crippen molar-refractivity contribution < 1.29 is 14.2 Å². The summed E-state index contributed by atoms with van der Waals surface area (Å²) in [5.74, 6) is 0.356. The Balaban J connectivity index is 2.42. The summed E-state index contributed by atoms with van der Waals surface area (Å²) in [5, 5.41) is 9.78. The van der Waals surface area contributed by atoms with Crippen molar-refractivity contribution in [2.45, 2.75) is 13.0 Å². The van der Waals surface area contributed by atoms with Crippen molar-refractivity contribution >= 4 is 11.4 Å². The molecule has 0 heterocycles. The maximum atomic E-state index is 13.9. The first kappa shape index (κ1) is 14.3. The highest BCUT2D eigenvalue weighted by molar-refractivity contribution is 5.66. The zero-order valence-corrected chi connectivity index (χ0v) is 11.8. The highest BCUT2D eigenvalue weighted by atomic mass is 19.1. The van der Waals surface area contributed by atoms with Crippen molar-refractivity contribution in [3.8, 4) is 5.75 Å². The smallest absolute Gasteiger partial charge is 0.131 e. The van der Waals surface area contributed by atoms with E-state index in [1.165, 1.54) is 6.07 Å². The van der Waals surface area contributed by atoms with Crippen LogP contribution >= 0.6 is 0 Å². The van der Waals surface area contributed by atoms with Gasteiger partial charge in [0.15, 0.2) is 0 Å². The molecule has 0 saturated carbocycles. The van der Waals surface area contributed by atoms with Crippen molar-refractivity contribution in [3.63, 3.8) is 0 Å². The van der Waals surface area contributed by atoms with Crippen LogP contribution in [0.1, 0.15) is 18.6 Å². The number of nitrogens with zero attached hydrogens (tertiary/aromatic N) is 1. The van der Waals surface area contributed by atoms with Gasteiger partial charge in [-0.05, 0) is 43.3 Å². The Bertz CT molecular complexity index is 582. The molecule has 0 bridgehead atoms. The topological polar surface area (TPSA) is 32.7 Å². The maximum Gasteiger partial charge on any atom is 0.131 e. The van der Waals surface area contributed by atoms with E-state index in [1.807, 2.05) is 36.2 Å². The average Bonchev–Trinajstić information content (AvgIpc) is 2.46. The van der Waals surface area contributed by atoms with E-state index in [9.17, 15) is 9.50 Å². The van der Waals surface area contributed by atoms with E-state index in [1.54, 1.807) is 26.2 Å². The second-order valence-electron chi connectivity index (χ2n) is 4.61. The average molecular weight is 275 g/mol. The molecule has 2 rings (SSSR count). The van der Waals surface area contributed by atoms with Crippen molar-refractivity contribution in [1.82, 2.24) is 0 Å². The Kier molecular flexibility index (Phi) is 4.25. The minimum Gasteiger partial charge on any atom is -0.497 e.